The summed E-state index contributed by atoms with van der Waals surface area (Å²) < 4.78 is 35.0. The minimum absolute atomic E-state index is 0.0777. The van der Waals surface area contributed by atoms with Crippen molar-refractivity contribution in [2.24, 2.45) is 5.92 Å². The molecule has 0 radical (unpaired) electrons. The van der Waals surface area contributed by atoms with Gasteiger partial charge < -0.3 is 9.15 Å². The maximum atomic E-state index is 11.5. The highest BCUT2D eigenvalue weighted by Gasteiger charge is 2.29. The number of sulfone groups is 1. The molecule has 0 N–H and O–H groups in total. The van der Waals surface area contributed by atoms with Crippen molar-refractivity contribution in [3.63, 3.8) is 0 Å². The third kappa shape index (κ3) is 5.60. The van der Waals surface area contributed by atoms with Crippen molar-refractivity contribution in [2.75, 3.05) is 23.9 Å². The second kappa shape index (κ2) is 8.28. The van der Waals surface area contributed by atoms with Crippen LogP contribution in [0.2, 0.25) is 5.02 Å². The molecule has 1 aliphatic heterocycles. The summed E-state index contributed by atoms with van der Waals surface area (Å²) in [7, 11) is -2.88. The van der Waals surface area contributed by atoms with Gasteiger partial charge in [-0.3, -0.25) is 0 Å². The van der Waals surface area contributed by atoms with E-state index in [4.69, 9.17) is 20.8 Å². The van der Waals surface area contributed by atoms with Gasteiger partial charge in [-0.2, -0.15) is 0 Å². The van der Waals surface area contributed by atoms with Gasteiger partial charge in [0.1, 0.15) is 5.75 Å². The van der Waals surface area contributed by atoms with Gasteiger partial charge in [0, 0.05) is 17.2 Å². The first-order valence-corrected chi connectivity index (χ1v) is 11.6. The van der Waals surface area contributed by atoms with E-state index in [1.54, 1.807) is 18.2 Å². The van der Waals surface area contributed by atoms with Crippen LogP contribution in [-0.2, 0) is 16.3 Å². The Bertz CT molecular complexity index is 844. The van der Waals surface area contributed by atoms with Crippen LogP contribution < -0.4 is 4.74 Å². The Morgan fingerprint density at radius 3 is 2.96 bits per heavy atom. The minimum atomic E-state index is -2.88. The molecule has 0 aliphatic carbocycles. The molecule has 6 nitrogen and oxygen atoms in total. The topological polar surface area (TPSA) is 82.3 Å². The number of rotatable bonds is 7. The zero-order chi connectivity index (χ0) is 17.9. The molecule has 1 aromatic heterocycles. The second-order valence-corrected chi connectivity index (χ2v) is 10.3. The van der Waals surface area contributed by atoms with Gasteiger partial charge in [0.15, 0.2) is 9.84 Å². The SMILES string of the molecule is O=S1(=O)CCC(Cc2nnc(SCCOc3ccc(Cl)cc3Br)o2)C1. The van der Waals surface area contributed by atoms with Crippen molar-refractivity contribution in [1.29, 1.82) is 0 Å². The molecular formula is C15H16BrClN2O4S2. The van der Waals surface area contributed by atoms with E-state index in [1.165, 1.54) is 11.8 Å². The third-order valence-electron chi connectivity index (χ3n) is 3.70. The van der Waals surface area contributed by atoms with Gasteiger partial charge in [-0.25, -0.2) is 8.42 Å². The Hall–Kier alpha value is -0.770. The Labute approximate surface area is 163 Å². The molecule has 2 heterocycles. The highest BCUT2D eigenvalue weighted by atomic mass is 79.9. The van der Waals surface area contributed by atoms with E-state index in [0.717, 1.165) is 10.2 Å². The first-order valence-electron chi connectivity index (χ1n) is 7.65. The van der Waals surface area contributed by atoms with Crippen LogP contribution in [0.4, 0.5) is 0 Å². The lowest BCUT2D eigenvalue weighted by Gasteiger charge is -2.07. The highest BCUT2D eigenvalue weighted by Crippen LogP contribution is 2.28. The van der Waals surface area contributed by atoms with Crippen LogP contribution in [0.25, 0.3) is 0 Å². The zero-order valence-corrected chi connectivity index (χ0v) is 17.1. The highest BCUT2D eigenvalue weighted by molar-refractivity contribution is 9.10. The molecule has 1 atom stereocenters. The van der Waals surface area contributed by atoms with E-state index in [2.05, 4.69) is 26.1 Å². The van der Waals surface area contributed by atoms with E-state index < -0.39 is 9.84 Å². The summed E-state index contributed by atoms with van der Waals surface area (Å²) in [5, 5.41) is 9.08. The van der Waals surface area contributed by atoms with Crippen LogP contribution in [-0.4, -0.2) is 42.5 Å². The molecule has 0 bridgehead atoms. The van der Waals surface area contributed by atoms with Crippen molar-refractivity contribution in [3.05, 3.63) is 33.6 Å². The molecule has 25 heavy (non-hydrogen) atoms. The Morgan fingerprint density at radius 1 is 1.40 bits per heavy atom. The van der Waals surface area contributed by atoms with E-state index in [9.17, 15) is 8.42 Å². The molecule has 1 saturated heterocycles. The number of halogens is 2. The number of hydrogen-bond acceptors (Lipinski definition) is 7. The van der Waals surface area contributed by atoms with Gasteiger partial charge in [-0.1, -0.05) is 23.4 Å². The van der Waals surface area contributed by atoms with Gasteiger partial charge in [0.05, 0.1) is 22.6 Å². The molecular weight excluding hydrogens is 452 g/mol. The largest absolute Gasteiger partial charge is 0.492 e. The number of ether oxygens (including phenoxy) is 1. The predicted octanol–water partition coefficient (Wildman–Crippen LogP) is 3.63. The van der Waals surface area contributed by atoms with Crippen LogP contribution in [0.1, 0.15) is 12.3 Å². The number of thioether (sulfide) groups is 1. The maximum Gasteiger partial charge on any atom is 0.276 e. The average Bonchev–Trinajstić information content (AvgIpc) is 3.12. The minimum Gasteiger partial charge on any atom is -0.492 e. The second-order valence-electron chi connectivity index (χ2n) is 5.71. The molecule has 1 aliphatic rings. The zero-order valence-electron chi connectivity index (χ0n) is 13.2. The Morgan fingerprint density at radius 2 is 2.24 bits per heavy atom. The molecule has 10 heteroatoms. The standard InChI is InChI=1S/C15H16BrClN2O4S2/c16-12-8-11(17)1-2-13(12)22-4-5-24-15-19-18-14(23-15)7-10-3-6-25(20,21)9-10/h1-2,8,10H,3-7,9H2. The number of aromatic nitrogens is 2. The third-order valence-corrected chi connectivity index (χ3v) is 7.17. The molecule has 2 aromatic rings. The first-order chi connectivity index (χ1) is 11.9. The number of hydrogen-bond donors (Lipinski definition) is 0. The van der Waals surface area contributed by atoms with Crippen molar-refractivity contribution in [2.45, 2.75) is 18.1 Å². The summed E-state index contributed by atoms with van der Waals surface area (Å²) in [4.78, 5) is 0. The maximum absolute atomic E-state index is 11.5. The molecule has 3 rings (SSSR count). The van der Waals surface area contributed by atoms with E-state index in [1.807, 2.05) is 0 Å². The van der Waals surface area contributed by atoms with Crippen LogP contribution in [0.5, 0.6) is 5.75 Å². The van der Waals surface area contributed by atoms with Crippen LogP contribution in [0.15, 0.2) is 32.3 Å². The fourth-order valence-electron chi connectivity index (χ4n) is 2.53. The smallest absolute Gasteiger partial charge is 0.276 e. The van der Waals surface area contributed by atoms with Crippen molar-refractivity contribution >= 4 is 49.1 Å². The van der Waals surface area contributed by atoms with Crippen LogP contribution in [0.3, 0.4) is 0 Å². The van der Waals surface area contributed by atoms with Crippen LogP contribution >= 0.6 is 39.3 Å². The summed E-state index contributed by atoms with van der Waals surface area (Å²) in [6.45, 7) is 0.476. The van der Waals surface area contributed by atoms with E-state index in [0.29, 0.717) is 41.3 Å². The summed E-state index contributed by atoms with van der Waals surface area (Å²) in [5.74, 6) is 2.40. The fraction of sp³-hybridized carbons (Fsp3) is 0.467. The molecule has 1 fully saturated rings. The molecule has 1 unspecified atom stereocenters. The lowest BCUT2D eigenvalue weighted by atomic mass is 10.1. The average molecular weight is 468 g/mol. The van der Waals surface area contributed by atoms with Gasteiger partial charge in [-0.05, 0) is 46.5 Å². The fourth-order valence-corrected chi connectivity index (χ4v) is 5.79. The van der Waals surface area contributed by atoms with Crippen LogP contribution in [0, 0.1) is 5.92 Å². The number of benzene rings is 1. The molecule has 0 amide bonds. The first kappa shape index (κ1) is 19.0. The lowest BCUT2D eigenvalue weighted by molar-refractivity contribution is 0.340. The van der Waals surface area contributed by atoms with Gasteiger partial charge in [0.2, 0.25) is 5.89 Å². The van der Waals surface area contributed by atoms with E-state index in [-0.39, 0.29) is 17.4 Å². The Kier molecular flexibility index (Phi) is 6.30. The summed E-state index contributed by atoms with van der Waals surface area (Å²) in [5.41, 5.74) is 0. The molecule has 1 aromatic carbocycles. The molecule has 0 spiro atoms. The lowest BCUT2D eigenvalue weighted by Crippen LogP contribution is -2.07. The summed E-state index contributed by atoms with van der Waals surface area (Å²) in [6, 6.07) is 5.34. The normalized spacial score (nSPS) is 19.2. The number of nitrogens with zero attached hydrogens (tertiary/aromatic N) is 2. The quantitative estimate of drug-likeness (QED) is 0.454. The van der Waals surface area contributed by atoms with E-state index >= 15 is 0 Å². The van der Waals surface area contributed by atoms with Gasteiger partial charge in [0.25, 0.3) is 5.22 Å². The summed E-state index contributed by atoms with van der Waals surface area (Å²) >= 11 is 10.7. The van der Waals surface area contributed by atoms with Crippen molar-refractivity contribution in [3.8, 4) is 5.75 Å². The van der Waals surface area contributed by atoms with Crippen molar-refractivity contribution < 1.29 is 17.6 Å². The predicted molar refractivity (Wildman–Crippen MR) is 100 cm³/mol. The Balaban J connectivity index is 1.43. The molecule has 0 saturated carbocycles. The molecule has 136 valence electrons. The van der Waals surface area contributed by atoms with Gasteiger partial charge in [-0.15, -0.1) is 10.2 Å². The van der Waals surface area contributed by atoms with Crippen molar-refractivity contribution in [1.82, 2.24) is 10.2 Å². The summed E-state index contributed by atoms with van der Waals surface area (Å²) in [6.07, 6.45) is 1.18. The van der Waals surface area contributed by atoms with Gasteiger partial charge >= 0.3 is 0 Å². The monoisotopic (exact) mass is 466 g/mol.